The highest BCUT2D eigenvalue weighted by Gasteiger charge is 2.31. The van der Waals surface area contributed by atoms with E-state index in [-0.39, 0.29) is 30.5 Å². The van der Waals surface area contributed by atoms with E-state index in [2.05, 4.69) is 10.6 Å². The van der Waals surface area contributed by atoms with Crippen molar-refractivity contribution in [1.82, 2.24) is 9.62 Å². The van der Waals surface area contributed by atoms with Crippen molar-refractivity contribution in [3.05, 3.63) is 65.0 Å². The molecule has 1 saturated heterocycles. The van der Waals surface area contributed by atoms with Gasteiger partial charge in [-0.25, -0.2) is 12.8 Å². The molecule has 0 spiro atoms. The van der Waals surface area contributed by atoms with Gasteiger partial charge in [0.05, 0.1) is 24.9 Å². The number of fused-ring (bicyclic) bond motifs is 1. The third-order valence-electron chi connectivity index (χ3n) is 5.64. The minimum Gasteiger partial charge on any atom is -0.379 e. The van der Waals surface area contributed by atoms with Crippen LogP contribution in [0.4, 0.5) is 10.1 Å². The molecule has 2 aliphatic heterocycles. The zero-order valence-electron chi connectivity index (χ0n) is 17.3. The van der Waals surface area contributed by atoms with E-state index < -0.39 is 21.8 Å². The molecule has 0 saturated carbocycles. The summed E-state index contributed by atoms with van der Waals surface area (Å²) in [7, 11) is -3.52. The summed E-state index contributed by atoms with van der Waals surface area (Å²) >= 11 is 0. The molecular weight excluding hydrogens is 437 g/mol. The van der Waals surface area contributed by atoms with Crippen LogP contribution in [-0.4, -0.2) is 50.8 Å². The van der Waals surface area contributed by atoms with Crippen LogP contribution in [0.15, 0.2) is 42.5 Å². The maximum Gasteiger partial charge on any atom is 0.228 e. The SMILES string of the molecule is O=C1C[C@@H](C(=O)NCc2ccccc2CS(=O)(=O)N2CCOCC2)c2ccc(F)cc2N1. The molecule has 0 unspecified atom stereocenters. The summed E-state index contributed by atoms with van der Waals surface area (Å²) in [5.41, 5.74) is 2.12. The van der Waals surface area contributed by atoms with Crippen LogP contribution in [0.3, 0.4) is 0 Å². The number of halogens is 1. The predicted molar refractivity (Wildman–Crippen MR) is 116 cm³/mol. The number of hydrogen-bond acceptors (Lipinski definition) is 5. The third kappa shape index (κ3) is 4.98. The first-order valence-electron chi connectivity index (χ1n) is 10.3. The molecule has 0 aromatic heterocycles. The van der Waals surface area contributed by atoms with E-state index >= 15 is 0 Å². The zero-order valence-corrected chi connectivity index (χ0v) is 18.2. The molecule has 1 atom stereocenters. The van der Waals surface area contributed by atoms with Gasteiger partial charge in [0.2, 0.25) is 21.8 Å². The second-order valence-electron chi connectivity index (χ2n) is 7.79. The van der Waals surface area contributed by atoms with Gasteiger partial charge in [-0.05, 0) is 28.8 Å². The Morgan fingerprint density at radius 1 is 1.16 bits per heavy atom. The summed E-state index contributed by atoms with van der Waals surface area (Å²) in [6, 6.07) is 11.0. The highest BCUT2D eigenvalue weighted by molar-refractivity contribution is 7.88. The highest BCUT2D eigenvalue weighted by Crippen LogP contribution is 2.33. The van der Waals surface area contributed by atoms with Crippen LogP contribution in [0, 0.1) is 5.82 Å². The summed E-state index contributed by atoms with van der Waals surface area (Å²) < 4.78 is 45.8. The smallest absolute Gasteiger partial charge is 0.228 e. The molecule has 0 radical (unpaired) electrons. The van der Waals surface area contributed by atoms with E-state index in [0.29, 0.717) is 48.7 Å². The number of anilines is 1. The van der Waals surface area contributed by atoms with E-state index in [4.69, 9.17) is 4.74 Å². The Balaban J connectivity index is 1.47. The van der Waals surface area contributed by atoms with Gasteiger partial charge in [-0.1, -0.05) is 30.3 Å². The second-order valence-corrected chi connectivity index (χ2v) is 9.76. The highest BCUT2D eigenvalue weighted by atomic mass is 32.2. The number of ether oxygens (including phenoxy) is 1. The van der Waals surface area contributed by atoms with Gasteiger partial charge in [0.15, 0.2) is 0 Å². The lowest BCUT2D eigenvalue weighted by Crippen LogP contribution is -2.41. The summed E-state index contributed by atoms with van der Waals surface area (Å²) in [5, 5.41) is 5.40. The first-order valence-corrected chi connectivity index (χ1v) is 11.9. The lowest BCUT2D eigenvalue weighted by atomic mass is 9.89. The van der Waals surface area contributed by atoms with Crippen LogP contribution in [0.2, 0.25) is 0 Å². The van der Waals surface area contributed by atoms with Gasteiger partial charge < -0.3 is 15.4 Å². The number of sulfonamides is 1. The second kappa shape index (κ2) is 9.35. The average Bonchev–Trinajstić information content (AvgIpc) is 2.78. The fourth-order valence-corrected chi connectivity index (χ4v) is 5.52. The number of benzene rings is 2. The normalized spacial score (nSPS) is 19.2. The van der Waals surface area contributed by atoms with Gasteiger partial charge in [0, 0.05) is 31.7 Å². The largest absolute Gasteiger partial charge is 0.379 e. The maximum absolute atomic E-state index is 13.5. The van der Waals surface area contributed by atoms with Crippen LogP contribution < -0.4 is 10.6 Å². The number of rotatable bonds is 6. The molecule has 2 heterocycles. The molecule has 32 heavy (non-hydrogen) atoms. The maximum atomic E-state index is 13.5. The van der Waals surface area contributed by atoms with Crippen molar-refractivity contribution < 1.29 is 27.1 Å². The molecule has 10 heteroatoms. The van der Waals surface area contributed by atoms with Crippen LogP contribution in [0.25, 0.3) is 0 Å². The molecule has 170 valence electrons. The van der Waals surface area contributed by atoms with Crippen molar-refractivity contribution in [2.75, 3.05) is 31.6 Å². The Labute approximate surface area is 185 Å². The van der Waals surface area contributed by atoms with E-state index in [1.54, 1.807) is 24.3 Å². The molecular formula is C22H24FN3O5S. The number of carbonyl (C=O) groups is 2. The molecule has 2 amide bonds. The van der Waals surface area contributed by atoms with Crippen molar-refractivity contribution in [2.24, 2.45) is 0 Å². The minimum absolute atomic E-state index is 0.0441. The first-order chi connectivity index (χ1) is 15.3. The van der Waals surface area contributed by atoms with Crippen molar-refractivity contribution in [3.63, 3.8) is 0 Å². The van der Waals surface area contributed by atoms with Crippen LogP contribution in [-0.2, 0) is 36.6 Å². The van der Waals surface area contributed by atoms with Gasteiger partial charge in [-0.2, -0.15) is 4.31 Å². The third-order valence-corrected chi connectivity index (χ3v) is 7.47. The van der Waals surface area contributed by atoms with Gasteiger partial charge in [-0.15, -0.1) is 0 Å². The van der Waals surface area contributed by atoms with Crippen LogP contribution >= 0.6 is 0 Å². The number of amides is 2. The first kappa shape index (κ1) is 22.4. The molecule has 0 aliphatic carbocycles. The minimum atomic E-state index is -3.52. The lowest BCUT2D eigenvalue weighted by Gasteiger charge is -2.26. The fraction of sp³-hybridized carbons (Fsp3) is 0.364. The molecule has 2 aliphatic rings. The van der Waals surface area contributed by atoms with Crippen molar-refractivity contribution >= 4 is 27.5 Å². The lowest BCUT2D eigenvalue weighted by molar-refractivity contribution is -0.126. The van der Waals surface area contributed by atoms with Gasteiger partial charge >= 0.3 is 0 Å². The van der Waals surface area contributed by atoms with E-state index in [0.717, 1.165) is 0 Å². The fourth-order valence-electron chi connectivity index (χ4n) is 3.96. The standard InChI is InChI=1S/C22H24FN3O5S/c23-17-5-6-18-19(12-21(27)25-20(18)11-17)22(28)24-13-15-3-1-2-4-16(15)14-32(29,30)26-7-9-31-10-8-26/h1-6,11,19H,7-10,12-14H2,(H,24,28)(H,25,27)/t19-/m1/s1. The van der Waals surface area contributed by atoms with Crippen LogP contribution in [0.5, 0.6) is 0 Å². The zero-order chi connectivity index (χ0) is 22.7. The van der Waals surface area contributed by atoms with E-state index in [1.165, 1.54) is 22.5 Å². The Morgan fingerprint density at radius 2 is 1.88 bits per heavy atom. The summed E-state index contributed by atoms with van der Waals surface area (Å²) in [4.78, 5) is 24.9. The summed E-state index contributed by atoms with van der Waals surface area (Å²) in [6.45, 7) is 1.51. The Morgan fingerprint density at radius 3 is 2.62 bits per heavy atom. The van der Waals surface area contributed by atoms with Crippen molar-refractivity contribution in [1.29, 1.82) is 0 Å². The Kier molecular flexibility index (Phi) is 6.54. The molecule has 8 nitrogen and oxygen atoms in total. The molecule has 4 rings (SSSR count). The molecule has 2 aromatic carbocycles. The summed E-state index contributed by atoms with van der Waals surface area (Å²) in [5.74, 6) is -2.16. The molecule has 0 bridgehead atoms. The van der Waals surface area contributed by atoms with E-state index in [9.17, 15) is 22.4 Å². The molecule has 1 fully saturated rings. The van der Waals surface area contributed by atoms with Crippen molar-refractivity contribution in [3.8, 4) is 0 Å². The Bertz CT molecular complexity index is 1130. The molecule has 2 N–H and O–H groups in total. The average molecular weight is 462 g/mol. The van der Waals surface area contributed by atoms with Gasteiger partial charge in [-0.3, -0.25) is 9.59 Å². The predicted octanol–water partition coefficient (Wildman–Crippen LogP) is 1.73. The van der Waals surface area contributed by atoms with Crippen LogP contribution in [0.1, 0.15) is 29.0 Å². The summed E-state index contributed by atoms with van der Waals surface area (Å²) in [6.07, 6.45) is -0.0441. The quantitative estimate of drug-likeness (QED) is 0.682. The van der Waals surface area contributed by atoms with Gasteiger partial charge in [0.25, 0.3) is 0 Å². The number of nitrogens with one attached hydrogen (secondary N) is 2. The monoisotopic (exact) mass is 461 g/mol. The van der Waals surface area contributed by atoms with Crippen molar-refractivity contribution in [2.45, 2.75) is 24.6 Å². The van der Waals surface area contributed by atoms with E-state index in [1.807, 2.05) is 0 Å². The number of hydrogen-bond donors (Lipinski definition) is 2. The van der Waals surface area contributed by atoms with Gasteiger partial charge in [0.1, 0.15) is 5.82 Å². The molecule has 2 aromatic rings. The Hall–Kier alpha value is -2.82. The topological polar surface area (TPSA) is 105 Å². The number of nitrogens with zero attached hydrogens (tertiary/aromatic N) is 1. The number of carbonyl (C=O) groups excluding carboxylic acids is 2. The number of morpholine rings is 1.